The van der Waals surface area contributed by atoms with Crippen molar-refractivity contribution in [3.8, 4) is 0 Å². The van der Waals surface area contributed by atoms with Gasteiger partial charge in [-0.1, -0.05) is 0 Å². The number of hydrogen-bond donors (Lipinski definition) is 0. The van der Waals surface area contributed by atoms with E-state index in [-0.39, 0.29) is 0 Å². The quantitative estimate of drug-likeness (QED) is 0.300. The van der Waals surface area contributed by atoms with Crippen LogP contribution in [0.15, 0.2) is 0 Å². The van der Waals surface area contributed by atoms with E-state index in [1.165, 1.54) is 0 Å². The average Bonchev–Trinajstić information content (AvgIpc) is 3.00. The molecule has 1 saturated carbocycles. The Balaban J connectivity index is 3.62. The monoisotopic (exact) mass is 361 g/mol. The Hall–Kier alpha value is -2.20. The molecule has 0 amide bonds. The van der Waals surface area contributed by atoms with E-state index in [0.717, 1.165) is 35.5 Å². The van der Waals surface area contributed by atoms with Crippen LogP contribution in [-0.4, -0.2) is 65.7 Å². The highest BCUT2D eigenvalue weighted by molar-refractivity contribution is 5.93. The van der Waals surface area contributed by atoms with Crippen LogP contribution >= 0.6 is 0 Å². The average molecular weight is 361 g/mol. The normalized spacial score (nSPS) is 29.4. The molecule has 0 N–H and O–H groups in total. The minimum absolute atomic E-state index is 0.946. The Labute approximate surface area is 144 Å². The van der Waals surface area contributed by atoms with E-state index >= 15 is 0 Å². The molecule has 0 aromatic carbocycles. The lowest BCUT2D eigenvalue weighted by molar-refractivity contribution is -0.504. The van der Waals surface area contributed by atoms with Gasteiger partial charge in [-0.25, -0.2) is 0 Å². The number of hydrogen-bond acceptors (Lipinski definition) is 10. The molecule has 5 unspecified atom stereocenters. The van der Waals surface area contributed by atoms with Crippen molar-refractivity contribution >= 4 is 23.9 Å². The molecular weight excluding hydrogens is 340 g/mol. The van der Waals surface area contributed by atoms with Gasteiger partial charge in [-0.3, -0.25) is 19.2 Å². The fraction of sp³-hybridized carbons (Fsp3) is 0.733. The predicted molar refractivity (Wildman–Crippen MR) is 76.3 cm³/mol. The van der Waals surface area contributed by atoms with Crippen LogP contribution < -0.4 is 5.11 Å². The number of esters is 4. The summed E-state index contributed by atoms with van der Waals surface area (Å²) in [5.41, 5.74) is 0. The lowest BCUT2D eigenvalue weighted by atomic mass is 9.86. The van der Waals surface area contributed by atoms with Crippen molar-refractivity contribution in [1.29, 1.82) is 0 Å². The molecule has 0 saturated heterocycles. The van der Waals surface area contributed by atoms with Gasteiger partial charge in [-0.05, 0) is 12.2 Å². The second kappa shape index (κ2) is 8.77. The molecule has 0 heterocycles. The molecule has 0 aromatic rings. The number of carbonyl (C=O) groups excluding carboxylic acids is 4. The summed E-state index contributed by atoms with van der Waals surface area (Å²) in [4.78, 5) is 49.0. The smallest absolute Gasteiger partial charge is 0.310 e. The second-order valence-electron chi connectivity index (χ2n) is 5.38. The maximum absolute atomic E-state index is 12.3. The van der Waals surface area contributed by atoms with Crippen LogP contribution in [0.5, 0.6) is 0 Å². The molecule has 0 aromatic heterocycles. The third-order valence-corrected chi connectivity index (χ3v) is 4.43. The number of rotatable bonds is 6. The maximum Gasteiger partial charge on any atom is 0.310 e. The summed E-state index contributed by atoms with van der Waals surface area (Å²) in [5, 5.41) is 12.3. The van der Waals surface area contributed by atoms with Crippen LogP contribution in [0.25, 0.3) is 0 Å². The van der Waals surface area contributed by atoms with E-state index in [1.54, 1.807) is 0 Å². The van der Waals surface area contributed by atoms with Gasteiger partial charge >= 0.3 is 23.9 Å². The van der Waals surface area contributed by atoms with Crippen LogP contribution in [0.2, 0.25) is 0 Å². The van der Waals surface area contributed by atoms with Crippen LogP contribution in [0.3, 0.4) is 0 Å². The van der Waals surface area contributed by atoms with Crippen molar-refractivity contribution in [1.82, 2.24) is 0 Å². The molecule has 5 atom stereocenters. The summed E-state index contributed by atoms with van der Waals surface area (Å²) in [5.74, 6) is -11.0. The van der Waals surface area contributed by atoms with Gasteiger partial charge in [0.2, 0.25) is 0 Å². The highest BCUT2D eigenvalue weighted by atomic mass is 16.6. The van der Waals surface area contributed by atoms with E-state index in [4.69, 9.17) is 4.74 Å². The van der Waals surface area contributed by atoms with Crippen LogP contribution in [0.4, 0.5) is 0 Å². The van der Waals surface area contributed by atoms with Gasteiger partial charge in [0.25, 0.3) is 0 Å². The van der Waals surface area contributed by atoms with Crippen molar-refractivity contribution in [2.45, 2.75) is 6.29 Å². The minimum atomic E-state index is -1.89. The molecule has 1 aliphatic rings. The fourth-order valence-electron chi connectivity index (χ4n) is 3.38. The lowest BCUT2D eigenvalue weighted by Crippen LogP contribution is -2.46. The topological polar surface area (TPSA) is 137 Å². The first kappa shape index (κ1) is 20.8. The van der Waals surface area contributed by atoms with E-state index in [1.807, 2.05) is 0 Å². The zero-order chi connectivity index (χ0) is 19.3. The lowest BCUT2D eigenvalue weighted by Gasteiger charge is -2.34. The molecule has 1 fully saturated rings. The Morgan fingerprint density at radius 1 is 0.640 bits per heavy atom. The molecule has 0 radical (unpaired) electrons. The summed E-state index contributed by atoms with van der Waals surface area (Å²) < 4.78 is 23.4. The zero-order valence-electron chi connectivity index (χ0n) is 14.5. The Morgan fingerprint density at radius 3 is 1.16 bits per heavy atom. The third-order valence-electron chi connectivity index (χ3n) is 4.43. The van der Waals surface area contributed by atoms with E-state index in [0.29, 0.717) is 0 Å². The molecule has 0 spiro atoms. The standard InChI is InChI=1S/C15H21O10/c1-21-11(16)6-7(12(17)22-2)9(14(19)24-4)10(15(20)25-5)8(6)13(18)23-3/h6-11H,1-5H3/q-1. The second-order valence-corrected chi connectivity index (χ2v) is 5.38. The fourth-order valence-corrected chi connectivity index (χ4v) is 3.38. The van der Waals surface area contributed by atoms with E-state index in [2.05, 4.69) is 18.9 Å². The van der Waals surface area contributed by atoms with Crippen LogP contribution in [0, 0.1) is 29.6 Å². The molecule has 10 nitrogen and oxygen atoms in total. The first-order valence-corrected chi connectivity index (χ1v) is 7.30. The van der Waals surface area contributed by atoms with Crippen molar-refractivity contribution < 1.29 is 48.0 Å². The van der Waals surface area contributed by atoms with Crippen LogP contribution in [0.1, 0.15) is 0 Å². The first-order chi connectivity index (χ1) is 11.8. The molecule has 1 aliphatic carbocycles. The number of ether oxygens (including phenoxy) is 5. The highest BCUT2D eigenvalue weighted by Gasteiger charge is 2.63. The van der Waals surface area contributed by atoms with Gasteiger partial charge in [-0.15, -0.1) is 0 Å². The predicted octanol–water partition coefficient (Wildman–Crippen LogP) is -1.89. The molecule has 0 bridgehead atoms. The molecule has 25 heavy (non-hydrogen) atoms. The van der Waals surface area contributed by atoms with Gasteiger partial charge in [0, 0.05) is 7.11 Å². The van der Waals surface area contributed by atoms with Gasteiger partial charge < -0.3 is 28.8 Å². The van der Waals surface area contributed by atoms with E-state index in [9.17, 15) is 24.3 Å². The Bertz CT molecular complexity index is 488. The van der Waals surface area contributed by atoms with Gasteiger partial charge in [0.05, 0.1) is 52.1 Å². The third kappa shape index (κ3) is 3.74. The first-order valence-electron chi connectivity index (χ1n) is 7.30. The Morgan fingerprint density at radius 2 is 0.920 bits per heavy atom. The van der Waals surface area contributed by atoms with Crippen molar-refractivity contribution in [2.75, 3.05) is 35.5 Å². The molecule has 0 aliphatic heterocycles. The van der Waals surface area contributed by atoms with Crippen LogP contribution in [-0.2, 0) is 42.9 Å². The summed E-state index contributed by atoms with van der Waals surface area (Å²) in [6.07, 6.45) is -1.89. The van der Waals surface area contributed by atoms with E-state index < -0.39 is 59.8 Å². The number of methoxy groups -OCH3 is 5. The number of carbonyl (C=O) groups is 4. The summed E-state index contributed by atoms with van der Waals surface area (Å²) in [6.45, 7) is 0. The maximum atomic E-state index is 12.3. The zero-order valence-corrected chi connectivity index (χ0v) is 14.5. The minimum Gasteiger partial charge on any atom is -0.831 e. The van der Waals surface area contributed by atoms with Gasteiger partial charge in [0.15, 0.2) is 0 Å². The van der Waals surface area contributed by atoms with Crippen molar-refractivity contribution in [3.05, 3.63) is 0 Å². The summed E-state index contributed by atoms with van der Waals surface area (Å²) in [6, 6.07) is 0. The van der Waals surface area contributed by atoms with Gasteiger partial charge in [0.1, 0.15) is 0 Å². The summed E-state index contributed by atoms with van der Waals surface area (Å²) in [7, 11) is 5.30. The highest BCUT2D eigenvalue weighted by Crippen LogP contribution is 2.49. The molecule has 142 valence electrons. The molecule has 1 rings (SSSR count). The molecule has 10 heteroatoms. The largest absolute Gasteiger partial charge is 0.831 e. The Kier molecular flexibility index (Phi) is 7.31. The van der Waals surface area contributed by atoms with Gasteiger partial charge in [-0.2, -0.15) is 0 Å². The van der Waals surface area contributed by atoms with Crippen molar-refractivity contribution in [3.63, 3.8) is 0 Å². The van der Waals surface area contributed by atoms with Crippen molar-refractivity contribution in [2.24, 2.45) is 29.6 Å². The SMILES string of the molecule is COC(=O)C1C(C(=O)OC)C(C(=O)OC)C(C([O-])OC)C1C(=O)OC. The summed E-state index contributed by atoms with van der Waals surface area (Å²) >= 11 is 0. The molecular formula is C15H21O10-.